The predicted molar refractivity (Wildman–Crippen MR) is 62.5 cm³/mol. The van der Waals surface area contributed by atoms with Gasteiger partial charge in [-0.05, 0) is 18.6 Å². The molecule has 3 N–H and O–H groups in total. The first-order valence-electron chi connectivity index (χ1n) is 4.57. The Balaban J connectivity index is 3.03. The average molecular weight is 314 g/mol. The Hall–Kier alpha value is -0.360. The Morgan fingerprint density at radius 3 is 2.56 bits per heavy atom. The molecule has 0 saturated heterocycles. The molecule has 2 atom stereocenters. The largest absolute Gasteiger partial charge is 0.506 e. The van der Waals surface area contributed by atoms with E-state index in [4.69, 9.17) is 11.6 Å². The Morgan fingerprint density at radius 2 is 2.00 bits per heavy atom. The summed E-state index contributed by atoms with van der Waals surface area (Å²) in [4.78, 5) is 0. The summed E-state index contributed by atoms with van der Waals surface area (Å²) in [6, 6.07) is 1.88. The van der Waals surface area contributed by atoms with Gasteiger partial charge in [-0.1, -0.05) is 27.5 Å². The number of benzene rings is 1. The molecule has 3 nitrogen and oxygen atoms in total. The fourth-order valence-corrected chi connectivity index (χ4v) is 1.97. The lowest BCUT2D eigenvalue weighted by Crippen LogP contribution is -2.19. The lowest BCUT2D eigenvalue weighted by molar-refractivity contribution is 0.0159. The van der Waals surface area contributed by atoms with E-state index in [9.17, 15) is 19.7 Å². The molecule has 1 aromatic carbocycles. The fourth-order valence-electron chi connectivity index (χ4n) is 1.29. The molecule has 0 saturated carbocycles. The van der Waals surface area contributed by atoms with Crippen LogP contribution in [0.2, 0.25) is 5.02 Å². The Labute approximate surface area is 106 Å². The highest BCUT2D eigenvalue weighted by Crippen LogP contribution is 2.34. The lowest BCUT2D eigenvalue weighted by Gasteiger charge is -2.18. The molecule has 0 heterocycles. The van der Waals surface area contributed by atoms with Crippen molar-refractivity contribution in [3.8, 4) is 5.75 Å². The highest BCUT2D eigenvalue weighted by Gasteiger charge is 2.23. The first kappa shape index (κ1) is 13.7. The van der Waals surface area contributed by atoms with Crippen molar-refractivity contribution in [1.82, 2.24) is 0 Å². The van der Waals surface area contributed by atoms with Crippen molar-refractivity contribution in [2.75, 3.05) is 5.33 Å². The Bertz CT molecular complexity index is 375. The summed E-state index contributed by atoms with van der Waals surface area (Å²) < 4.78 is 13.0. The second-order valence-corrected chi connectivity index (χ2v) is 4.52. The predicted octanol–water partition coefficient (Wildman–Crippen LogP) is 2.36. The molecule has 6 heteroatoms. The van der Waals surface area contributed by atoms with Gasteiger partial charge in [-0.25, -0.2) is 4.39 Å². The zero-order valence-electron chi connectivity index (χ0n) is 8.20. The third-order valence-electron chi connectivity index (χ3n) is 2.15. The second-order valence-electron chi connectivity index (χ2n) is 3.32. The number of hydrogen-bond donors (Lipinski definition) is 3. The summed E-state index contributed by atoms with van der Waals surface area (Å²) in [5, 5.41) is 29.0. The van der Waals surface area contributed by atoms with Crippen molar-refractivity contribution in [2.24, 2.45) is 0 Å². The van der Waals surface area contributed by atoms with Gasteiger partial charge in [-0.15, -0.1) is 0 Å². The summed E-state index contributed by atoms with van der Waals surface area (Å²) in [7, 11) is 0. The van der Waals surface area contributed by atoms with Gasteiger partial charge in [0.1, 0.15) is 17.7 Å². The molecule has 0 aliphatic rings. The van der Waals surface area contributed by atoms with Gasteiger partial charge in [-0.2, -0.15) is 0 Å². The SMILES string of the molecule is Oc1c(Cl)cc(F)cc1C(O)C(O)CCBr. The van der Waals surface area contributed by atoms with Crippen molar-refractivity contribution in [2.45, 2.75) is 18.6 Å². The molecule has 2 unspecified atom stereocenters. The third kappa shape index (κ3) is 3.07. The minimum absolute atomic E-state index is 0.113. The zero-order valence-corrected chi connectivity index (χ0v) is 10.5. The van der Waals surface area contributed by atoms with Crippen LogP contribution in [0.5, 0.6) is 5.75 Å². The summed E-state index contributed by atoms with van der Waals surface area (Å²) in [5.74, 6) is -1.09. The van der Waals surface area contributed by atoms with Gasteiger partial charge < -0.3 is 15.3 Å². The maximum Gasteiger partial charge on any atom is 0.140 e. The van der Waals surface area contributed by atoms with Crippen LogP contribution < -0.4 is 0 Å². The monoisotopic (exact) mass is 312 g/mol. The van der Waals surface area contributed by atoms with Crippen LogP contribution in [0, 0.1) is 5.82 Å². The van der Waals surface area contributed by atoms with Gasteiger partial charge in [-0.3, -0.25) is 0 Å². The fraction of sp³-hybridized carbons (Fsp3) is 0.400. The van der Waals surface area contributed by atoms with Gasteiger partial charge >= 0.3 is 0 Å². The van der Waals surface area contributed by atoms with E-state index >= 15 is 0 Å². The van der Waals surface area contributed by atoms with Gasteiger partial charge in [0.2, 0.25) is 0 Å². The summed E-state index contributed by atoms with van der Waals surface area (Å²) >= 11 is 8.66. The number of phenols is 1. The maximum atomic E-state index is 13.0. The van der Waals surface area contributed by atoms with Crippen LogP contribution in [0.25, 0.3) is 0 Å². The summed E-state index contributed by atoms with van der Waals surface area (Å²) in [6.07, 6.45) is -2.19. The number of rotatable bonds is 4. The number of phenolic OH excluding ortho intramolecular Hbond substituents is 1. The molecule has 90 valence electrons. The van der Waals surface area contributed by atoms with Crippen molar-refractivity contribution < 1.29 is 19.7 Å². The van der Waals surface area contributed by atoms with Crippen LogP contribution in [0.4, 0.5) is 4.39 Å². The molecular weight excluding hydrogens is 302 g/mol. The van der Waals surface area contributed by atoms with E-state index in [0.717, 1.165) is 12.1 Å². The van der Waals surface area contributed by atoms with Gasteiger partial charge in [0.25, 0.3) is 0 Å². The van der Waals surface area contributed by atoms with Gasteiger partial charge in [0.15, 0.2) is 0 Å². The highest BCUT2D eigenvalue weighted by molar-refractivity contribution is 9.09. The molecule has 16 heavy (non-hydrogen) atoms. The molecular formula is C10H11BrClFO3. The highest BCUT2D eigenvalue weighted by atomic mass is 79.9. The molecule has 0 aliphatic heterocycles. The lowest BCUT2D eigenvalue weighted by atomic mass is 10.0. The minimum Gasteiger partial charge on any atom is -0.506 e. The molecule has 0 amide bonds. The van der Waals surface area contributed by atoms with Crippen molar-refractivity contribution >= 4 is 27.5 Å². The minimum atomic E-state index is -1.37. The Morgan fingerprint density at radius 1 is 1.38 bits per heavy atom. The summed E-state index contributed by atoms with van der Waals surface area (Å²) in [6.45, 7) is 0. The number of aromatic hydroxyl groups is 1. The number of aliphatic hydroxyl groups is 2. The van der Waals surface area contributed by atoms with E-state index in [0.29, 0.717) is 5.33 Å². The molecule has 0 aliphatic carbocycles. The molecule has 0 aromatic heterocycles. The molecule has 1 rings (SSSR count). The molecule has 1 aromatic rings. The smallest absolute Gasteiger partial charge is 0.140 e. The van der Waals surface area contributed by atoms with Crippen LogP contribution in [0.3, 0.4) is 0 Å². The topological polar surface area (TPSA) is 60.7 Å². The number of alkyl halides is 1. The molecule has 0 spiro atoms. The number of halogens is 3. The van der Waals surface area contributed by atoms with Crippen LogP contribution >= 0.6 is 27.5 Å². The molecule has 0 radical (unpaired) electrons. The van der Waals surface area contributed by atoms with Crippen LogP contribution in [-0.2, 0) is 0 Å². The van der Waals surface area contributed by atoms with E-state index in [-0.39, 0.29) is 17.0 Å². The van der Waals surface area contributed by atoms with E-state index in [1.165, 1.54) is 0 Å². The number of aliphatic hydroxyl groups excluding tert-OH is 2. The van der Waals surface area contributed by atoms with Crippen LogP contribution in [0.1, 0.15) is 18.1 Å². The van der Waals surface area contributed by atoms with Crippen molar-refractivity contribution in [1.29, 1.82) is 0 Å². The molecule has 0 fully saturated rings. The zero-order chi connectivity index (χ0) is 12.3. The van der Waals surface area contributed by atoms with Gasteiger partial charge in [0.05, 0.1) is 11.1 Å². The van der Waals surface area contributed by atoms with E-state index in [1.807, 2.05) is 0 Å². The standard InChI is InChI=1S/C10H11BrClFO3/c11-2-1-8(14)10(16)6-3-5(13)4-7(12)9(6)15/h3-4,8,10,14-16H,1-2H2. The third-order valence-corrected chi connectivity index (χ3v) is 2.89. The van der Waals surface area contributed by atoms with E-state index in [1.54, 1.807) is 0 Å². The second kappa shape index (κ2) is 5.82. The first-order chi connectivity index (χ1) is 7.47. The summed E-state index contributed by atoms with van der Waals surface area (Å²) in [5.41, 5.74) is -0.113. The quantitative estimate of drug-likeness (QED) is 0.748. The van der Waals surface area contributed by atoms with Crippen molar-refractivity contribution in [3.63, 3.8) is 0 Å². The van der Waals surface area contributed by atoms with E-state index < -0.39 is 23.8 Å². The molecule has 0 bridgehead atoms. The van der Waals surface area contributed by atoms with Crippen LogP contribution in [-0.4, -0.2) is 26.8 Å². The average Bonchev–Trinajstić information content (AvgIpc) is 2.22. The van der Waals surface area contributed by atoms with E-state index in [2.05, 4.69) is 15.9 Å². The van der Waals surface area contributed by atoms with Crippen LogP contribution in [0.15, 0.2) is 12.1 Å². The first-order valence-corrected chi connectivity index (χ1v) is 6.07. The Kier molecular flexibility index (Phi) is 4.98. The maximum absolute atomic E-state index is 13.0. The van der Waals surface area contributed by atoms with Gasteiger partial charge in [0, 0.05) is 10.9 Å². The normalized spacial score (nSPS) is 14.8. The number of hydrogen-bond acceptors (Lipinski definition) is 3. The van der Waals surface area contributed by atoms with Crippen molar-refractivity contribution in [3.05, 3.63) is 28.5 Å².